The Hall–Kier alpha value is -7.89. The summed E-state index contributed by atoms with van der Waals surface area (Å²) in [5.74, 6) is -0.0625. The number of pyridine rings is 1. The van der Waals surface area contributed by atoms with Crippen molar-refractivity contribution in [3.63, 3.8) is 0 Å². The number of allylic oxidation sites excluding steroid dienone is 2. The maximum atomic E-state index is 10.0. The van der Waals surface area contributed by atoms with Gasteiger partial charge in [0.1, 0.15) is 0 Å². The van der Waals surface area contributed by atoms with Crippen LogP contribution in [0.15, 0.2) is 230 Å². The number of carbonyl (C=O) groups excluding carboxylic acids is 1. The fourth-order valence-electron chi connectivity index (χ4n) is 8.79. The fraction of sp³-hybridized carbons (Fsp3) is 0.0333. The van der Waals surface area contributed by atoms with Crippen molar-refractivity contribution in [2.24, 2.45) is 0 Å². The minimum absolute atomic E-state index is 0. The molecule has 0 fully saturated rings. The molecule has 1 N–H and O–H groups in total. The Bertz CT molecular complexity index is 3370. The van der Waals surface area contributed by atoms with Crippen molar-refractivity contribution in [2.45, 2.75) is 13.8 Å². The van der Waals surface area contributed by atoms with Gasteiger partial charge in [0.05, 0.1) is 33.3 Å². The zero-order valence-corrected chi connectivity index (χ0v) is 38.8. The van der Waals surface area contributed by atoms with Crippen LogP contribution in [0.2, 0.25) is 0 Å². The number of para-hydroxylation sites is 5. The number of carbonyl (C=O) groups is 1. The summed E-state index contributed by atoms with van der Waals surface area (Å²) >= 11 is 0. The van der Waals surface area contributed by atoms with E-state index in [9.17, 15) is 4.79 Å². The molecule has 0 amide bonds. The zero-order valence-electron chi connectivity index (χ0n) is 36.4. The van der Waals surface area contributed by atoms with Gasteiger partial charge >= 0.3 is 0 Å². The molecule has 0 saturated carbocycles. The van der Waals surface area contributed by atoms with E-state index in [0.29, 0.717) is 0 Å². The molecule has 6 heteroatoms. The molecule has 12 aromatic rings. The van der Waals surface area contributed by atoms with Gasteiger partial charge in [-0.3, -0.25) is 9.78 Å². The number of hydrogen-bond donors (Lipinski definition) is 1. The summed E-state index contributed by atoms with van der Waals surface area (Å²) in [4.78, 5) is 14.7. The van der Waals surface area contributed by atoms with Gasteiger partial charge in [-0.15, -0.1) is 29.1 Å². The zero-order chi connectivity index (χ0) is 44.3. The molecule has 0 aliphatic carbocycles. The SMILES string of the molecule is CC(=O)C=C(C)O.[Ir].[c-]1cc2ccccc2cc1-c1ccc2ccccc2n1.c1ccc2c(c1)c1ccccc1n2-c1ccc(-c2ccc(-n3c4ccccc4c4ccccc43)cc2)cc1. The van der Waals surface area contributed by atoms with Gasteiger partial charge in [-0.05, 0) is 90.7 Å². The number of rotatable bonds is 5. The van der Waals surface area contributed by atoms with Crippen molar-refractivity contribution in [3.05, 3.63) is 236 Å². The molecule has 0 saturated heterocycles. The second kappa shape index (κ2) is 19.1. The van der Waals surface area contributed by atoms with Crippen molar-refractivity contribution in [2.75, 3.05) is 0 Å². The van der Waals surface area contributed by atoms with E-state index in [4.69, 9.17) is 10.1 Å². The second-order valence-corrected chi connectivity index (χ2v) is 16.1. The van der Waals surface area contributed by atoms with Crippen molar-refractivity contribution >= 4 is 71.1 Å². The molecular formula is C60H44IrN3O2-. The molecule has 0 bridgehead atoms. The second-order valence-electron chi connectivity index (χ2n) is 16.1. The van der Waals surface area contributed by atoms with E-state index >= 15 is 0 Å². The minimum atomic E-state index is -0.125. The predicted octanol–water partition coefficient (Wildman–Crippen LogP) is 15.4. The molecule has 0 spiro atoms. The van der Waals surface area contributed by atoms with Gasteiger partial charge in [0.15, 0.2) is 5.78 Å². The first-order valence-corrected chi connectivity index (χ1v) is 21.7. The molecule has 3 aromatic heterocycles. The van der Waals surface area contributed by atoms with E-state index in [1.807, 2.05) is 30.3 Å². The van der Waals surface area contributed by atoms with E-state index in [0.717, 1.165) is 22.2 Å². The normalized spacial score (nSPS) is 11.3. The van der Waals surface area contributed by atoms with Gasteiger partial charge < -0.3 is 14.2 Å². The Morgan fingerprint density at radius 2 is 0.894 bits per heavy atom. The van der Waals surface area contributed by atoms with Crippen LogP contribution in [-0.4, -0.2) is 25.0 Å². The number of fused-ring (bicyclic) bond motifs is 8. The third-order valence-electron chi connectivity index (χ3n) is 11.7. The van der Waals surface area contributed by atoms with Gasteiger partial charge in [0, 0.05) is 59.1 Å². The van der Waals surface area contributed by atoms with E-state index in [-0.39, 0.29) is 31.6 Å². The van der Waals surface area contributed by atoms with Crippen LogP contribution in [0.4, 0.5) is 0 Å². The Morgan fingerprint density at radius 1 is 0.485 bits per heavy atom. The molecule has 0 unspecified atom stereocenters. The van der Waals surface area contributed by atoms with E-state index in [1.165, 1.54) is 96.8 Å². The molecule has 0 aliphatic rings. The summed E-state index contributed by atoms with van der Waals surface area (Å²) in [6, 6.07) is 80.6. The third-order valence-corrected chi connectivity index (χ3v) is 11.7. The summed E-state index contributed by atoms with van der Waals surface area (Å²) in [7, 11) is 0. The number of benzene rings is 9. The summed E-state index contributed by atoms with van der Waals surface area (Å²) in [5, 5.41) is 17.1. The number of aliphatic hydroxyl groups is 1. The van der Waals surface area contributed by atoms with Crippen molar-refractivity contribution in [1.82, 2.24) is 14.1 Å². The average Bonchev–Trinajstić information content (AvgIpc) is 3.87. The number of aromatic nitrogens is 3. The van der Waals surface area contributed by atoms with E-state index in [1.54, 1.807) is 0 Å². The van der Waals surface area contributed by atoms with Gasteiger partial charge in [-0.1, -0.05) is 157 Å². The number of aliphatic hydroxyl groups excluding tert-OH is 1. The Balaban J connectivity index is 0.000000163. The van der Waals surface area contributed by atoms with Crippen LogP contribution in [0.3, 0.4) is 0 Å². The van der Waals surface area contributed by atoms with Crippen LogP contribution in [0.1, 0.15) is 13.8 Å². The van der Waals surface area contributed by atoms with Crippen LogP contribution < -0.4 is 0 Å². The van der Waals surface area contributed by atoms with Crippen LogP contribution in [0, 0.1) is 6.07 Å². The maximum absolute atomic E-state index is 10.0. The molecule has 12 rings (SSSR count). The van der Waals surface area contributed by atoms with Crippen molar-refractivity contribution in [3.8, 4) is 33.8 Å². The van der Waals surface area contributed by atoms with Gasteiger partial charge in [0.25, 0.3) is 0 Å². The molecule has 66 heavy (non-hydrogen) atoms. The molecule has 321 valence electrons. The van der Waals surface area contributed by atoms with Crippen LogP contribution >= 0.6 is 0 Å². The monoisotopic (exact) mass is 1030 g/mol. The van der Waals surface area contributed by atoms with Crippen LogP contribution in [-0.2, 0) is 24.9 Å². The minimum Gasteiger partial charge on any atom is -0.512 e. The van der Waals surface area contributed by atoms with Crippen LogP contribution in [0.25, 0.3) is 99.0 Å². The first-order valence-electron chi connectivity index (χ1n) is 21.7. The fourth-order valence-corrected chi connectivity index (χ4v) is 8.79. The van der Waals surface area contributed by atoms with E-state index < -0.39 is 0 Å². The van der Waals surface area contributed by atoms with Gasteiger partial charge in [0.2, 0.25) is 0 Å². The molecule has 3 heterocycles. The summed E-state index contributed by atoms with van der Waals surface area (Å²) < 4.78 is 4.72. The van der Waals surface area contributed by atoms with Gasteiger partial charge in [-0.2, -0.15) is 0 Å². The van der Waals surface area contributed by atoms with Crippen molar-refractivity contribution < 1.29 is 30.0 Å². The summed E-state index contributed by atoms with van der Waals surface area (Å²) in [6.07, 6.45) is 1.17. The molecular weight excluding hydrogens is 987 g/mol. The van der Waals surface area contributed by atoms with E-state index in [2.05, 4.69) is 203 Å². The Morgan fingerprint density at radius 3 is 1.33 bits per heavy atom. The van der Waals surface area contributed by atoms with Crippen LogP contribution in [0.5, 0.6) is 0 Å². The maximum Gasteiger partial charge on any atom is 0.155 e. The van der Waals surface area contributed by atoms with Crippen molar-refractivity contribution in [1.29, 1.82) is 0 Å². The quantitative estimate of drug-likeness (QED) is 0.106. The largest absolute Gasteiger partial charge is 0.512 e. The standard InChI is InChI=1S/C36H24N2.C19H12N.C5H8O2.Ir/c1-5-13-33-29(9-1)30-10-2-6-14-34(30)37(33)27-21-17-25(18-22-27)26-19-23-28(24-20-26)38-35-15-7-3-11-31(35)32-12-4-8-16-36(32)38;1-2-7-16-13-17(10-9-14(16)5-1)19-12-11-15-6-3-4-8-18(15)20-19;1-4(6)3-5(2)7;/h1-24H;1-9,11-13H;3,6H,1-2H3;/q;-1;;. The molecule has 9 aromatic carbocycles. The smallest absolute Gasteiger partial charge is 0.155 e. The average molecular weight is 1030 g/mol. The summed E-state index contributed by atoms with van der Waals surface area (Å²) in [6.45, 7) is 2.85. The Kier molecular flexibility index (Phi) is 12.5. The molecule has 0 aliphatic heterocycles. The number of hydrogen-bond acceptors (Lipinski definition) is 3. The first-order chi connectivity index (χ1) is 31.9. The Labute approximate surface area is 396 Å². The van der Waals surface area contributed by atoms with Gasteiger partial charge in [-0.25, -0.2) is 0 Å². The predicted molar refractivity (Wildman–Crippen MR) is 271 cm³/mol. The third kappa shape index (κ3) is 8.68. The number of ketones is 1. The summed E-state index contributed by atoms with van der Waals surface area (Å²) in [5.41, 5.74) is 12.7. The molecule has 1 radical (unpaired) electrons. The molecule has 0 atom stereocenters. The molecule has 5 nitrogen and oxygen atoms in total. The topological polar surface area (TPSA) is 60.0 Å². The first kappa shape index (κ1) is 43.4. The number of nitrogens with zero attached hydrogens (tertiary/aromatic N) is 3.